The highest BCUT2D eigenvalue weighted by molar-refractivity contribution is 5.67. The molecule has 0 N–H and O–H groups in total. The van der Waals surface area contributed by atoms with Crippen molar-refractivity contribution in [2.24, 2.45) is 0 Å². The first kappa shape index (κ1) is 14.7. The zero-order valence-electron chi connectivity index (χ0n) is 13.1. The lowest BCUT2D eigenvalue weighted by molar-refractivity contribution is 0.265. The largest absolute Gasteiger partial charge is 0.300 e. The summed E-state index contributed by atoms with van der Waals surface area (Å²) in [7, 11) is 2.15. The molecule has 0 aliphatic rings. The predicted molar refractivity (Wildman–Crippen MR) is 85.8 cm³/mol. The maximum absolute atomic E-state index is 4.42. The molecule has 2 nitrogen and oxygen atoms in total. The molecule has 0 aliphatic heterocycles. The molecule has 106 valence electrons. The molecule has 20 heavy (non-hydrogen) atoms. The van der Waals surface area contributed by atoms with E-state index in [4.69, 9.17) is 0 Å². The first-order chi connectivity index (χ1) is 9.47. The topological polar surface area (TPSA) is 16.1 Å². The Bertz CT molecular complexity index is 588. The second kappa shape index (κ2) is 6.19. The molecule has 0 saturated heterocycles. The summed E-state index contributed by atoms with van der Waals surface area (Å²) in [5.74, 6) is 0. The Morgan fingerprint density at radius 3 is 2.55 bits per heavy atom. The normalized spacial score (nSPS) is 11.3. The van der Waals surface area contributed by atoms with Crippen molar-refractivity contribution >= 4 is 0 Å². The van der Waals surface area contributed by atoms with Crippen LogP contribution in [0.2, 0.25) is 0 Å². The van der Waals surface area contributed by atoms with Crippen molar-refractivity contribution < 1.29 is 0 Å². The summed E-state index contributed by atoms with van der Waals surface area (Å²) < 4.78 is 0. The molecule has 0 radical (unpaired) electrons. The van der Waals surface area contributed by atoms with Crippen molar-refractivity contribution in [2.45, 2.75) is 40.3 Å². The molecule has 2 rings (SSSR count). The zero-order valence-corrected chi connectivity index (χ0v) is 13.1. The second-order valence-electron chi connectivity index (χ2n) is 5.91. The fourth-order valence-corrected chi connectivity index (χ4v) is 2.24. The Hall–Kier alpha value is -1.67. The highest BCUT2D eigenvalue weighted by Crippen LogP contribution is 2.25. The Labute approximate surface area is 122 Å². The molecule has 1 aromatic heterocycles. The van der Waals surface area contributed by atoms with E-state index in [0.29, 0.717) is 6.04 Å². The highest BCUT2D eigenvalue weighted by atomic mass is 15.1. The maximum atomic E-state index is 4.42. The molecule has 0 aliphatic carbocycles. The van der Waals surface area contributed by atoms with Gasteiger partial charge in [0.05, 0.1) is 0 Å². The van der Waals surface area contributed by atoms with Gasteiger partial charge in [-0.25, -0.2) is 0 Å². The number of hydrogen-bond acceptors (Lipinski definition) is 2. The van der Waals surface area contributed by atoms with E-state index in [1.807, 2.05) is 12.4 Å². The van der Waals surface area contributed by atoms with Crippen LogP contribution in [0.25, 0.3) is 11.1 Å². The van der Waals surface area contributed by atoms with Gasteiger partial charge in [-0.15, -0.1) is 0 Å². The third-order valence-electron chi connectivity index (χ3n) is 3.81. The van der Waals surface area contributed by atoms with Gasteiger partial charge in [0.25, 0.3) is 0 Å². The van der Waals surface area contributed by atoms with E-state index in [9.17, 15) is 0 Å². The molecule has 0 spiro atoms. The maximum Gasteiger partial charge on any atom is 0.0346 e. The average Bonchev–Trinajstić information content (AvgIpc) is 2.41. The van der Waals surface area contributed by atoms with Gasteiger partial charge < -0.3 is 0 Å². The van der Waals surface area contributed by atoms with Crippen LogP contribution in [0.4, 0.5) is 0 Å². The van der Waals surface area contributed by atoms with E-state index in [1.54, 1.807) is 0 Å². The van der Waals surface area contributed by atoms with Crippen LogP contribution in [0, 0.1) is 13.8 Å². The van der Waals surface area contributed by atoms with E-state index in [-0.39, 0.29) is 0 Å². The third kappa shape index (κ3) is 3.45. The Morgan fingerprint density at radius 2 is 1.85 bits per heavy atom. The van der Waals surface area contributed by atoms with Crippen molar-refractivity contribution in [3.05, 3.63) is 53.3 Å². The van der Waals surface area contributed by atoms with Gasteiger partial charge in [0, 0.05) is 30.5 Å². The van der Waals surface area contributed by atoms with Gasteiger partial charge in [0.2, 0.25) is 0 Å². The smallest absolute Gasteiger partial charge is 0.0346 e. The van der Waals surface area contributed by atoms with Gasteiger partial charge in [-0.2, -0.15) is 0 Å². The summed E-state index contributed by atoms with van der Waals surface area (Å²) in [6.07, 6.45) is 3.92. The first-order valence-electron chi connectivity index (χ1n) is 7.19. The van der Waals surface area contributed by atoms with E-state index >= 15 is 0 Å². The Balaban J connectivity index is 2.32. The summed E-state index contributed by atoms with van der Waals surface area (Å²) in [5.41, 5.74) is 6.34. The Morgan fingerprint density at radius 1 is 1.10 bits per heavy atom. The van der Waals surface area contributed by atoms with E-state index in [1.165, 1.54) is 27.8 Å². The van der Waals surface area contributed by atoms with Crippen LogP contribution >= 0.6 is 0 Å². The number of pyridine rings is 1. The standard InChI is InChI=1S/C18H24N2/c1-13(2)20(5)12-16-9-17(11-19-10-16)18-8-14(3)6-7-15(18)4/h6-11,13H,12H2,1-5H3. The summed E-state index contributed by atoms with van der Waals surface area (Å²) in [5, 5.41) is 0. The van der Waals surface area contributed by atoms with Gasteiger partial charge >= 0.3 is 0 Å². The molecule has 2 aromatic rings. The third-order valence-corrected chi connectivity index (χ3v) is 3.81. The van der Waals surface area contributed by atoms with Crippen molar-refractivity contribution in [3.63, 3.8) is 0 Å². The SMILES string of the molecule is Cc1ccc(C)c(-c2cncc(CN(C)C(C)C)c2)c1. The molecule has 0 atom stereocenters. The minimum absolute atomic E-state index is 0.541. The number of aromatic nitrogens is 1. The van der Waals surface area contributed by atoms with Gasteiger partial charge in [0.15, 0.2) is 0 Å². The molecule has 1 heterocycles. The summed E-state index contributed by atoms with van der Waals surface area (Å²) in [6.45, 7) is 9.64. The van der Waals surface area contributed by atoms with Crippen LogP contribution in [0.5, 0.6) is 0 Å². The van der Waals surface area contributed by atoms with Crippen LogP contribution in [0.15, 0.2) is 36.7 Å². The number of aryl methyl sites for hydroxylation is 2. The molecule has 1 aromatic carbocycles. The Kier molecular flexibility index (Phi) is 4.56. The van der Waals surface area contributed by atoms with Crippen LogP contribution in [0.1, 0.15) is 30.5 Å². The summed E-state index contributed by atoms with van der Waals surface area (Å²) in [4.78, 5) is 6.74. The molecular formula is C18H24N2. The fourth-order valence-electron chi connectivity index (χ4n) is 2.24. The first-order valence-corrected chi connectivity index (χ1v) is 7.19. The quantitative estimate of drug-likeness (QED) is 0.826. The highest BCUT2D eigenvalue weighted by Gasteiger charge is 2.07. The molecule has 0 saturated carbocycles. The average molecular weight is 268 g/mol. The molecule has 0 amide bonds. The molecule has 2 heteroatoms. The van der Waals surface area contributed by atoms with E-state index < -0.39 is 0 Å². The van der Waals surface area contributed by atoms with Crippen molar-refractivity contribution in [1.82, 2.24) is 9.88 Å². The molecular weight excluding hydrogens is 244 g/mol. The van der Waals surface area contributed by atoms with Crippen LogP contribution in [-0.2, 0) is 6.54 Å². The minimum Gasteiger partial charge on any atom is -0.300 e. The zero-order chi connectivity index (χ0) is 14.7. The van der Waals surface area contributed by atoms with Crippen molar-refractivity contribution in [1.29, 1.82) is 0 Å². The second-order valence-corrected chi connectivity index (χ2v) is 5.91. The van der Waals surface area contributed by atoms with Crippen LogP contribution < -0.4 is 0 Å². The predicted octanol–water partition coefficient (Wildman–Crippen LogP) is 4.21. The lowest BCUT2D eigenvalue weighted by Gasteiger charge is -2.21. The minimum atomic E-state index is 0.541. The number of rotatable bonds is 4. The van der Waals surface area contributed by atoms with Gasteiger partial charge in [0.1, 0.15) is 0 Å². The van der Waals surface area contributed by atoms with Crippen LogP contribution in [0.3, 0.4) is 0 Å². The van der Waals surface area contributed by atoms with Gasteiger partial charge in [-0.3, -0.25) is 9.88 Å². The number of benzene rings is 1. The van der Waals surface area contributed by atoms with Crippen molar-refractivity contribution in [2.75, 3.05) is 7.05 Å². The number of nitrogens with zero attached hydrogens (tertiary/aromatic N) is 2. The lowest BCUT2D eigenvalue weighted by atomic mass is 9.99. The van der Waals surface area contributed by atoms with Gasteiger partial charge in [-0.05, 0) is 57.5 Å². The molecule has 0 unspecified atom stereocenters. The van der Waals surface area contributed by atoms with E-state index in [0.717, 1.165) is 6.54 Å². The fraction of sp³-hybridized carbons (Fsp3) is 0.389. The monoisotopic (exact) mass is 268 g/mol. The van der Waals surface area contributed by atoms with Gasteiger partial charge in [-0.1, -0.05) is 23.8 Å². The van der Waals surface area contributed by atoms with Crippen LogP contribution in [-0.4, -0.2) is 23.0 Å². The summed E-state index contributed by atoms with van der Waals surface area (Å²) >= 11 is 0. The molecule has 0 bridgehead atoms. The van der Waals surface area contributed by atoms with Crippen molar-refractivity contribution in [3.8, 4) is 11.1 Å². The molecule has 0 fully saturated rings. The lowest BCUT2D eigenvalue weighted by Crippen LogP contribution is -2.25. The van der Waals surface area contributed by atoms with E-state index in [2.05, 4.69) is 68.9 Å². The summed E-state index contributed by atoms with van der Waals surface area (Å²) in [6, 6.07) is 9.37. The number of hydrogen-bond donors (Lipinski definition) is 0.